The third-order valence-electron chi connectivity index (χ3n) is 5.74. The first-order valence-electron chi connectivity index (χ1n) is 10.5. The third-order valence-corrected chi connectivity index (χ3v) is 5.74. The van der Waals surface area contributed by atoms with Gasteiger partial charge in [0.1, 0.15) is 17.4 Å². The number of aromatic nitrogens is 4. The van der Waals surface area contributed by atoms with Crippen LogP contribution in [0.3, 0.4) is 0 Å². The van der Waals surface area contributed by atoms with Gasteiger partial charge in [-0.25, -0.2) is 5.10 Å². The zero-order valence-electron chi connectivity index (χ0n) is 17.8. The van der Waals surface area contributed by atoms with Crippen LogP contribution in [0.25, 0.3) is 33.2 Å². The summed E-state index contributed by atoms with van der Waals surface area (Å²) < 4.78 is 7.80. The number of benzene rings is 2. The fourth-order valence-corrected chi connectivity index (χ4v) is 4.02. The fraction of sp³-hybridized carbons (Fsp3) is 0.250. The molecular weight excluding hydrogens is 404 g/mol. The average Bonchev–Trinajstić information content (AvgIpc) is 3.52. The number of ether oxygens (including phenoxy) is 1. The maximum atomic E-state index is 12.2. The van der Waals surface area contributed by atoms with Crippen molar-refractivity contribution in [2.75, 3.05) is 0 Å². The number of H-pyrrole nitrogens is 1. The first-order valence-corrected chi connectivity index (χ1v) is 10.5. The van der Waals surface area contributed by atoms with E-state index in [0.29, 0.717) is 27.8 Å². The van der Waals surface area contributed by atoms with E-state index in [9.17, 15) is 10.1 Å². The topological polar surface area (TPSA) is 123 Å². The van der Waals surface area contributed by atoms with Crippen LogP contribution >= 0.6 is 0 Å². The van der Waals surface area contributed by atoms with Crippen molar-refractivity contribution in [2.24, 2.45) is 12.8 Å². The van der Waals surface area contributed by atoms with Crippen molar-refractivity contribution in [1.29, 1.82) is 5.26 Å². The van der Waals surface area contributed by atoms with E-state index in [1.54, 1.807) is 16.9 Å². The number of aromatic amines is 1. The van der Waals surface area contributed by atoms with E-state index in [1.807, 2.05) is 38.2 Å². The maximum absolute atomic E-state index is 12.2. The van der Waals surface area contributed by atoms with Crippen molar-refractivity contribution in [3.63, 3.8) is 0 Å². The van der Waals surface area contributed by atoms with Crippen LogP contribution in [0.2, 0.25) is 0 Å². The Morgan fingerprint density at radius 3 is 2.78 bits per heavy atom. The molecule has 8 heteroatoms. The van der Waals surface area contributed by atoms with E-state index in [-0.39, 0.29) is 18.2 Å². The standard InChI is InChI=1S/C24H22N6O2/c1-13-7-18(19(10-25)22(8-13)32-15-4-5-15)23-20(12-27-30(23)2)14-3-6-16-17(9-14)21(11-26)28-29-24(16)31/h3,6-9,12,15H,4-5,11,26H2,1-2H3,(H,29,31). The van der Waals surface area contributed by atoms with Gasteiger partial charge in [0.05, 0.1) is 29.1 Å². The van der Waals surface area contributed by atoms with Crippen molar-refractivity contribution >= 4 is 10.8 Å². The fourth-order valence-electron chi connectivity index (χ4n) is 4.02. The Morgan fingerprint density at radius 2 is 2.06 bits per heavy atom. The van der Waals surface area contributed by atoms with Gasteiger partial charge in [0.25, 0.3) is 5.56 Å². The predicted molar refractivity (Wildman–Crippen MR) is 121 cm³/mol. The van der Waals surface area contributed by atoms with E-state index in [1.165, 1.54) is 0 Å². The molecule has 1 fully saturated rings. The van der Waals surface area contributed by atoms with Crippen LogP contribution in [0, 0.1) is 18.3 Å². The lowest BCUT2D eigenvalue weighted by molar-refractivity contribution is 0.302. The van der Waals surface area contributed by atoms with Gasteiger partial charge in [-0.2, -0.15) is 15.5 Å². The summed E-state index contributed by atoms with van der Waals surface area (Å²) in [6.07, 6.45) is 3.98. The summed E-state index contributed by atoms with van der Waals surface area (Å²) in [4.78, 5) is 12.2. The van der Waals surface area contributed by atoms with Crippen molar-refractivity contribution in [1.82, 2.24) is 20.0 Å². The van der Waals surface area contributed by atoms with Gasteiger partial charge in [0, 0.05) is 30.1 Å². The third kappa shape index (κ3) is 3.33. The van der Waals surface area contributed by atoms with E-state index >= 15 is 0 Å². The highest BCUT2D eigenvalue weighted by Crippen LogP contribution is 2.39. The molecule has 0 unspecified atom stereocenters. The van der Waals surface area contributed by atoms with Crippen LogP contribution in [0.5, 0.6) is 5.75 Å². The maximum Gasteiger partial charge on any atom is 0.272 e. The van der Waals surface area contributed by atoms with Crippen LogP contribution in [0.15, 0.2) is 41.3 Å². The Balaban J connectivity index is 1.73. The molecule has 2 aromatic carbocycles. The molecule has 0 aliphatic heterocycles. The lowest BCUT2D eigenvalue weighted by Gasteiger charge is -2.14. The molecule has 1 aliphatic carbocycles. The smallest absolute Gasteiger partial charge is 0.272 e. The molecule has 1 aliphatic rings. The number of aryl methyl sites for hydroxylation is 2. The van der Waals surface area contributed by atoms with Crippen LogP contribution in [-0.4, -0.2) is 26.1 Å². The van der Waals surface area contributed by atoms with Crippen LogP contribution in [0.4, 0.5) is 0 Å². The second kappa shape index (κ2) is 7.62. The first-order chi connectivity index (χ1) is 15.5. The molecule has 160 valence electrons. The highest BCUT2D eigenvalue weighted by molar-refractivity contribution is 5.92. The summed E-state index contributed by atoms with van der Waals surface area (Å²) in [5.74, 6) is 0.608. The minimum atomic E-state index is -0.262. The number of nitriles is 1. The molecule has 5 rings (SSSR count). The van der Waals surface area contributed by atoms with Crippen molar-refractivity contribution in [3.05, 3.63) is 63.7 Å². The molecule has 0 spiro atoms. The number of hydrogen-bond donors (Lipinski definition) is 2. The number of hydrogen-bond acceptors (Lipinski definition) is 6. The molecule has 2 aromatic heterocycles. The van der Waals surface area contributed by atoms with Gasteiger partial charge in [-0.3, -0.25) is 9.48 Å². The molecule has 8 nitrogen and oxygen atoms in total. The summed E-state index contributed by atoms with van der Waals surface area (Å²) in [5, 5.41) is 22.3. The Morgan fingerprint density at radius 1 is 1.25 bits per heavy atom. The summed E-state index contributed by atoms with van der Waals surface area (Å²) in [6.45, 7) is 2.19. The number of nitrogens with one attached hydrogen (secondary N) is 1. The predicted octanol–water partition coefficient (Wildman–Crippen LogP) is 3.17. The molecule has 0 radical (unpaired) electrons. The molecule has 2 heterocycles. The second-order valence-corrected chi connectivity index (χ2v) is 8.11. The molecule has 1 saturated carbocycles. The second-order valence-electron chi connectivity index (χ2n) is 8.11. The van der Waals surface area contributed by atoms with Crippen LogP contribution in [-0.2, 0) is 13.6 Å². The van der Waals surface area contributed by atoms with Crippen molar-refractivity contribution in [3.8, 4) is 34.2 Å². The Hall–Kier alpha value is -3.96. The van der Waals surface area contributed by atoms with Gasteiger partial charge in [-0.15, -0.1) is 0 Å². The lowest BCUT2D eigenvalue weighted by atomic mass is 9.95. The number of nitrogens with zero attached hydrogens (tertiary/aromatic N) is 4. The molecule has 0 bridgehead atoms. The van der Waals surface area contributed by atoms with E-state index in [4.69, 9.17) is 10.5 Å². The molecule has 3 N–H and O–H groups in total. The molecule has 0 amide bonds. The molecule has 32 heavy (non-hydrogen) atoms. The number of nitrogens with two attached hydrogens (primary N) is 1. The highest BCUT2D eigenvalue weighted by atomic mass is 16.5. The van der Waals surface area contributed by atoms with E-state index in [0.717, 1.165) is 40.8 Å². The van der Waals surface area contributed by atoms with Gasteiger partial charge in [0.15, 0.2) is 0 Å². The van der Waals surface area contributed by atoms with Gasteiger partial charge < -0.3 is 10.5 Å². The van der Waals surface area contributed by atoms with Crippen LogP contribution < -0.4 is 16.0 Å². The molecular formula is C24H22N6O2. The average molecular weight is 426 g/mol. The highest BCUT2D eigenvalue weighted by Gasteiger charge is 2.27. The lowest BCUT2D eigenvalue weighted by Crippen LogP contribution is -2.13. The summed E-state index contributed by atoms with van der Waals surface area (Å²) in [7, 11) is 1.85. The monoisotopic (exact) mass is 426 g/mol. The zero-order chi connectivity index (χ0) is 22.4. The van der Waals surface area contributed by atoms with Gasteiger partial charge in [0.2, 0.25) is 0 Å². The largest absolute Gasteiger partial charge is 0.489 e. The SMILES string of the molecule is Cc1cc(OC2CC2)c(C#N)c(-c2c(-c3ccc4c(=O)[nH]nc(CN)c4c3)cnn2C)c1. The Bertz CT molecular complexity index is 1460. The van der Waals surface area contributed by atoms with Gasteiger partial charge in [-0.1, -0.05) is 6.07 Å². The number of rotatable bonds is 5. The van der Waals surface area contributed by atoms with Crippen LogP contribution in [0.1, 0.15) is 29.7 Å². The Kier molecular flexibility index (Phi) is 4.76. The van der Waals surface area contributed by atoms with Crippen molar-refractivity contribution in [2.45, 2.75) is 32.4 Å². The first kappa shape index (κ1) is 20.0. The summed E-state index contributed by atoms with van der Waals surface area (Å²) in [5.41, 5.74) is 11.0. The molecule has 4 aromatic rings. The normalized spacial score (nSPS) is 13.3. The van der Waals surface area contributed by atoms with Gasteiger partial charge in [-0.05, 0) is 55.2 Å². The van der Waals surface area contributed by atoms with E-state index in [2.05, 4.69) is 21.4 Å². The molecule has 0 atom stereocenters. The Labute approximate surface area is 184 Å². The minimum absolute atomic E-state index is 0.184. The summed E-state index contributed by atoms with van der Waals surface area (Å²) in [6, 6.07) is 11.8. The van der Waals surface area contributed by atoms with Crippen molar-refractivity contribution < 1.29 is 4.74 Å². The zero-order valence-corrected chi connectivity index (χ0v) is 17.8. The quantitative estimate of drug-likeness (QED) is 0.505. The van der Waals surface area contributed by atoms with Gasteiger partial charge >= 0.3 is 0 Å². The number of fused-ring (bicyclic) bond motifs is 1. The minimum Gasteiger partial charge on any atom is -0.489 e. The molecule has 0 saturated heterocycles. The summed E-state index contributed by atoms with van der Waals surface area (Å²) >= 11 is 0. The van der Waals surface area contributed by atoms with E-state index < -0.39 is 0 Å².